The molecule has 0 aliphatic carbocycles. The predicted octanol–water partition coefficient (Wildman–Crippen LogP) is 2.35. The van der Waals surface area contributed by atoms with Crippen LogP contribution in [0.5, 0.6) is 17.2 Å². The number of halogens is 1. The third-order valence-electron chi connectivity index (χ3n) is 3.13. The molecule has 1 atom stereocenters. The lowest BCUT2D eigenvalue weighted by Gasteiger charge is -2.11. The van der Waals surface area contributed by atoms with Crippen LogP contribution >= 0.6 is 11.6 Å². The van der Waals surface area contributed by atoms with Crippen molar-refractivity contribution >= 4 is 17.3 Å². The van der Waals surface area contributed by atoms with Crippen LogP contribution in [-0.2, 0) is 11.3 Å². The van der Waals surface area contributed by atoms with Gasteiger partial charge >= 0.3 is 0 Å². The zero-order chi connectivity index (χ0) is 13.2. The summed E-state index contributed by atoms with van der Waals surface area (Å²) in [6.07, 6.45) is 1.52. The van der Waals surface area contributed by atoms with Crippen LogP contribution < -0.4 is 14.2 Å². The van der Waals surface area contributed by atoms with Crippen molar-refractivity contribution < 1.29 is 19.0 Å². The lowest BCUT2D eigenvalue weighted by molar-refractivity contribution is 0.0858. The fourth-order valence-electron chi connectivity index (χ4n) is 2.24. The molecule has 3 rings (SSSR count). The van der Waals surface area contributed by atoms with E-state index >= 15 is 0 Å². The van der Waals surface area contributed by atoms with Crippen LogP contribution in [0, 0.1) is 0 Å². The maximum atomic E-state index is 5.73. The Morgan fingerprint density at radius 2 is 2.32 bits per heavy atom. The average Bonchev–Trinajstić information content (AvgIpc) is 3.06. The maximum Gasteiger partial charge on any atom is 0.231 e. The molecule has 19 heavy (non-hydrogen) atoms. The SMILES string of the molecule is COc1cc(CC2CC(CCl)=NO2)cc2c1OCO2. The summed E-state index contributed by atoms with van der Waals surface area (Å²) in [6, 6.07) is 3.89. The molecule has 2 aliphatic rings. The van der Waals surface area contributed by atoms with E-state index in [1.807, 2.05) is 12.1 Å². The van der Waals surface area contributed by atoms with Crippen molar-refractivity contribution in [2.75, 3.05) is 19.8 Å². The van der Waals surface area contributed by atoms with Gasteiger partial charge in [0.15, 0.2) is 11.5 Å². The van der Waals surface area contributed by atoms with Crippen molar-refractivity contribution in [2.45, 2.75) is 18.9 Å². The molecule has 1 aromatic rings. The first-order valence-corrected chi connectivity index (χ1v) is 6.57. The Morgan fingerprint density at radius 1 is 1.42 bits per heavy atom. The van der Waals surface area contributed by atoms with Crippen molar-refractivity contribution in [3.05, 3.63) is 17.7 Å². The number of nitrogens with zero attached hydrogens (tertiary/aromatic N) is 1. The van der Waals surface area contributed by atoms with E-state index < -0.39 is 0 Å². The molecule has 0 fully saturated rings. The Labute approximate surface area is 116 Å². The van der Waals surface area contributed by atoms with Crippen molar-refractivity contribution in [2.24, 2.45) is 5.16 Å². The van der Waals surface area contributed by atoms with Crippen molar-refractivity contribution in [1.29, 1.82) is 0 Å². The largest absolute Gasteiger partial charge is 0.493 e. The molecule has 5 nitrogen and oxygen atoms in total. The summed E-state index contributed by atoms with van der Waals surface area (Å²) in [5.74, 6) is 2.48. The molecular formula is C13H14ClNO4. The average molecular weight is 284 g/mol. The van der Waals surface area contributed by atoms with Crippen molar-refractivity contribution in [3.8, 4) is 17.2 Å². The molecular weight excluding hydrogens is 270 g/mol. The van der Waals surface area contributed by atoms with Crippen LogP contribution in [0.3, 0.4) is 0 Å². The smallest absolute Gasteiger partial charge is 0.231 e. The molecule has 0 saturated heterocycles. The molecule has 0 amide bonds. The van der Waals surface area contributed by atoms with E-state index in [1.165, 1.54) is 0 Å². The van der Waals surface area contributed by atoms with E-state index in [1.54, 1.807) is 7.11 Å². The Balaban J connectivity index is 1.75. The number of fused-ring (bicyclic) bond motifs is 1. The molecule has 0 radical (unpaired) electrons. The highest BCUT2D eigenvalue weighted by atomic mass is 35.5. The minimum absolute atomic E-state index is 0.0267. The van der Waals surface area contributed by atoms with E-state index in [-0.39, 0.29) is 12.9 Å². The second kappa shape index (κ2) is 5.17. The quantitative estimate of drug-likeness (QED) is 0.796. The number of alkyl halides is 1. The first kappa shape index (κ1) is 12.4. The van der Waals surface area contributed by atoms with Gasteiger partial charge in [-0.15, -0.1) is 11.6 Å². The standard InChI is InChI=1S/C13H14ClNO4/c1-16-11-3-8(4-12-13(11)18-7-17-12)2-10-5-9(6-14)15-19-10/h3-4,10H,2,5-7H2,1H3. The number of rotatable bonds is 4. The van der Waals surface area contributed by atoms with E-state index in [2.05, 4.69) is 5.16 Å². The number of methoxy groups -OCH3 is 1. The number of oxime groups is 1. The Bertz CT molecular complexity index is 518. The molecule has 6 heteroatoms. The van der Waals surface area contributed by atoms with Gasteiger partial charge in [0, 0.05) is 12.8 Å². The van der Waals surface area contributed by atoms with Gasteiger partial charge in [0.1, 0.15) is 6.10 Å². The summed E-state index contributed by atoms with van der Waals surface area (Å²) in [6.45, 7) is 0.231. The molecule has 0 spiro atoms. The molecule has 0 saturated carbocycles. The second-order valence-electron chi connectivity index (χ2n) is 4.46. The molecule has 2 aliphatic heterocycles. The third-order valence-corrected chi connectivity index (χ3v) is 3.44. The Hall–Kier alpha value is -1.62. The first-order valence-electron chi connectivity index (χ1n) is 6.04. The lowest BCUT2D eigenvalue weighted by atomic mass is 10.0. The zero-order valence-electron chi connectivity index (χ0n) is 10.5. The van der Waals surface area contributed by atoms with Crippen LogP contribution in [0.1, 0.15) is 12.0 Å². The van der Waals surface area contributed by atoms with E-state index in [4.69, 9.17) is 30.6 Å². The van der Waals surface area contributed by atoms with Crippen molar-refractivity contribution in [1.82, 2.24) is 0 Å². The fourth-order valence-corrected chi connectivity index (χ4v) is 2.40. The molecule has 1 unspecified atom stereocenters. The van der Waals surface area contributed by atoms with Gasteiger partial charge in [0.2, 0.25) is 12.5 Å². The monoisotopic (exact) mass is 283 g/mol. The summed E-state index contributed by atoms with van der Waals surface area (Å²) < 4.78 is 16.1. The molecule has 0 bridgehead atoms. The summed E-state index contributed by atoms with van der Waals surface area (Å²) >= 11 is 5.73. The first-order chi connectivity index (χ1) is 9.30. The fraction of sp³-hybridized carbons (Fsp3) is 0.462. The number of benzene rings is 1. The van der Waals surface area contributed by atoms with Gasteiger partial charge in [0.05, 0.1) is 18.7 Å². The highest BCUT2D eigenvalue weighted by molar-refractivity contribution is 6.28. The van der Waals surface area contributed by atoms with E-state index in [0.29, 0.717) is 23.1 Å². The molecule has 0 aromatic heterocycles. The molecule has 0 N–H and O–H groups in total. The normalized spacial score (nSPS) is 20.1. The van der Waals surface area contributed by atoms with Gasteiger partial charge in [-0.05, 0) is 17.7 Å². The van der Waals surface area contributed by atoms with Gasteiger partial charge in [-0.3, -0.25) is 0 Å². The van der Waals surface area contributed by atoms with Gasteiger partial charge in [-0.1, -0.05) is 5.16 Å². The number of ether oxygens (including phenoxy) is 3. The summed E-state index contributed by atoms with van der Waals surface area (Å²) in [4.78, 5) is 5.34. The third kappa shape index (κ3) is 2.42. The zero-order valence-corrected chi connectivity index (χ0v) is 11.3. The summed E-state index contributed by atoms with van der Waals surface area (Å²) in [5, 5.41) is 3.94. The van der Waals surface area contributed by atoms with Crippen LogP contribution in [0.25, 0.3) is 0 Å². The maximum absolute atomic E-state index is 5.73. The Morgan fingerprint density at radius 3 is 3.05 bits per heavy atom. The summed E-state index contributed by atoms with van der Waals surface area (Å²) in [5.41, 5.74) is 1.96. The predicted molar refractivity (Wildman–Crippen MR) is 70.5 cm³/mol. The van der Waals surface area contributed by atoms with Gasteiger partial charge in [0.25, 0.3) is 0 Å². The summed E-state index contributed by atoms with van der Waals surface area (Å²) in [7, 11) is 1.61. The molecule has 2 heterocycles. The number of hydrogen-bond donors (Lipinski definition) is 0. The Kier molecular flexibility index (Phi) is 3.38. The van der Waals surface area contributed by atoms with Crippen molar-refractivity contribution in [3.63, 3.8) is 0 Å². The highest BCUT2D eigenvalue weighted by Crippen LogP contribution is 2.42. The minimum Gasteiger partial charge on any atom is -0.493 e. The van der Waals surface area contributed by atoms with Crippen LogP contribution in [0.4, 0.5) is 0 Å². The van der Waals surface area contributed by atoms with Gasteiger partial charge in [-0.2, -0.15) is 0 Å². The molecule has 102 valence electrons. The minimum atomic E-state index is 0.0267. The van der Waals surface area contributed by atoms with Gasteiger partial charge in [-0.25, -0.2) is 0 Å². The topological polar surface area (TPSA) is 49.3 Å². The number of hydrogen-bond acceptors (Lipinski definition) is 5. The lowest BCUT2D eigenvalue weighted by Crippen LogP contribution is -2.12. The second-order valence-corrected chi connectivity index (χ2v) is 4.73. The van der Waals surface area contributed by atoms with Crippen LogP contribution in [-0.4, -0.2) is 31.6 Å². The highest BCUT2D eigenvalue weighted by Gasteiger charge is 2.24. The van der Waals surface area contributed by atoms with E-state index in [9.17, 15) is 0 Å². The van der Waals surface area contributed by atoms with Crippen LogP contribution in [0.15, 0.2) is 17.3 Å². The van der Waals surface area contributed by atoms with Crippen LogP contribution in [0.2, 0.25) is 0 Å². The van der Waals surface area contributed by atoms with Gasteiger partial charge < -0.3 is 19.0 Å². The van der Waals surface area contributed by atoms with E-state index in [0.717, 1.165) is 24.1 Å². The molecule has 1 aromatic carbocycles.